The van der Waals surface area contributed by atoms with Crippen molar-refractivity contribution in [2.75, 3.05) is 0 Å². The van der Waals surface area contributed by atoms with Gasteiger partial charge in [0.05, 0.1) is 0 Å². The molecule has 0 rings (SSSR count). The first-order valence-corrected chi connectivity index (χ1v) is 0. The zero-order valence-electron chi connectivity index (χ0n) is 1.67. The zero-order valence-corrected chi connectivity index (χ0v) is 6.87. The Morgan fingerprint density at radius 1 is 0.800 bits per heavy atom. The van der Waals surface area contributed by atoms with Crippen molar-refractivity contribution in [2.45, 2.75) is 0 Å². The van der Waals surface area contributed by atoms with Gasteiger partial charge < -0.3 is 0 Å². The summed E-state index contributed by atoms with van der Waals surface area (Å²) in [6.07, 6.45) is 0. The molecule has 0 aliphatic heterocycles. The van der Waals surface area contributed by atoms with Gasteiger partial charge in [0.1, 0.15) is 0 Å². The maximum Gasteiger partial charge on any atom is 0 e. The largest absolute Gasteiger partial charge is 0 e. The minimum atomic E-state index is 0. The smallest absolute Gasteiger partial charge is 0 e. The summed E-state index contributed by atoms with van der Waals surface area (Å²) < 4.78 is 0. The molecule has 0 aliphatic rings. The van der Waals surface area contributed by atoms with Crippen LogP contribution in [-0.4, -0.2) is 0 Å². The third-order valence-corrected chi connectivity index (χ3v) is 0. The van der Waals surface area contributed by atoms with Crippen LogP contribution in [0.4, 0.5) is 0 Å². The SMILES string of the molecule is [Cu].[Fe].[Mn].[Ni].[Ni]. The second kappa shape index (κ2) is 31.1. The normalized spacial score (nSPS) is 0. The molecule has 0 saturated heterocycles. The van der Waals surface area contributed by atoms with E-state index in [1.54, 1.807) is 0 Å². The average molecular weight is 292 g/mol. The second-order valence-corrected chi connectivity index (χ2v) is 0. The van der Waals surface area contributed by atoms with Crippen LogP contribution >= 0.6 is 0 Å². The molecule has 0 heterocycles. The van der Waals surface area contributed by atoms with Gasteiger partial charge in [-0.15, -0.1) is 0 Å². The van der Waals surface area contributed by atoms with Crippen LogP contribution in [0.5, 0.6) is 0 Å². The van der Waals surface area contributed by atoms with Gasteiger partial charge in [0, 0.05) is 84.2 Å². The van der Waals surface area contributed by atoms with Gasteiger partial charge >= 0.3 is 0 Å². The molecule has 5 heteroatoms. The summed E-state index contributed by atoms with van der Waals surface area (Å²) in [6.45, 7) is 0. The van der Waals surface area contributed by atoms with Crippen LogP contribution < -0.4 is 0 Å². The van der Waals surface area contributed by atoms with Gasteiger partial charge in [0.25, 0.3) is 0 Å². The van der Waals surface area contributed by atoms with E-state index in [4.69, 9.17) is 0 Å². The second-order valence-electron chi connectivity index (χ2n) is 0. The molecular weight excluding hydrogens is 292 g/mol. The van der Waals surface area contributed by atoms with Gasteiger partial charge in [-0.05, 0) is 0 Å². The fraction of sp³-hybridized carbons (Fsp3) is 0. The topological polar surface area (TPSA) is 0 Å². The van der Waals surface area contributed by atoms with Crippen LogP contribution in [0.25, 0.3) is 0 Å². The Bertz CT molecular complexity index is 9.61. The molecule has 0 aromatic heterocycles. The van der Waals surface area contributed by atoms with E-state index in [2.05, 4.69) is 0 Å². The van der Waals surface area contributed by atoms with Gasteiger partial charge in [-0.25, -0.2) is 0 Å². The van der Waals surface area contributed by atoms with Crippen LogP contribution in [-0.2, 0) is 84.2 Å². The third kappa shape index (κ3) is 20.9. The first-order chi connectivity index (χ1) is 0. The summed E-state index contributed by atoms with van der Waals surface area (Å²) in [5, 5.41) is 0. The first kappa shape index (κ1) is 49.9. The Labute approximate surface area is 83.2 Å². The molecule has 0 N–H and O–H groups in total. The molecule has 0 aromatic carbocycles. The van der Waals surface area contributed by atoms with E-state index in [0.717, 1.165) is 0 Å². The third-order valence-electron chi connectivity index (χ3n) is 0. The van der Waals surface area contributed by atoms with Crippen molar-refractivity contribution in [3.8, 4) is 0 Å². The van der Waals surface area contributed by atoms with Gasteiger partial charge in [-0.1, -0.05) is 0 Å². The van der Waals surface area contributed by atoms with Crippen molar-refractivity contribution in [1.29, 1.82) is 0 Å². The zero-order chi connectivity index (χ0) is 0. The van der Waals surface area contributed by atoms with Gasteiger partial charge in [-0.3, -0.25) is 0 Å². The van der Waals surface area contributed by atoms with Gasteiger partial charge in [0.15, 0.2) is 0 Å². The van der Waals surface area contributed by atoms with Crippen molar-refractivity contribution in [3.63, 3.8) is 0 Å². The molecule has 0 nitrogen and oxygen atoms in total. The van der Waals surface area contributed by atoms with E-state index < -0.39 is 0 Å². The Morgan fingerprint density at radius 2 is 0.800 bits per heavy atom. The molecular formula is CuFeMnNi2. The summed E-state index contributed by atoms with van der Waals surface area (Å²) >= 11 is 0. The van der Waals surface area contributed by atoms with E-state index in [1.165, 1.54) is 0 Å². The average Bonchev–Trinajstić information content (AvgIpc) is 0. The molecule has 5 heavy (non-hydrogen) atoms. The van der Waals surface area contributed by atoms with Crippen molar-refractivity contribution >= 4 is 0 Å². The van der Waals surface area contributed by atoms with Gasteiger partial charge in [0.2, 0.25) is 0 Å². The van der Waals surface area contributed by atoms with Crippen LogP contribution in [0, 0.1) is 0 Å². The van der Waals surface area contributed by atoms with Crippen molar-refractivity contribution in [2.24, 2.45) is 0 Å². The number of hydrogen-bond acceptors (Lipinski definition) is 0. The molecule has 0 unspecified atom stereocenters. The molecule has 2 radical (unpaired) electrons. The summed E-state index contributed by atoms with van der Waals surface area (Å²) in [5.41, 5.74) is 0. The van der Waals surface area contributed by atoms with E-state index in [0.29, 0.717) is 0 Å². The monoisotopic (exact) mass is 290 g/mol. The van der Waals surface area contributed by atoms with Crippen LogP contribution in [0.1, 0.15) is 0 Å². The predicted octanol–water partition coefficient (Wildman–Crippen LogP) is -0.0125. The molecule has 46 valence electrons. The van der Waals surface area contributed by atoms with E-state index in [9.17, 15) is 0 Å². The summed E-state index contributed by atoms with van der Waals surface area (Å²) in [7, 11) is 0. The van der Waals surface area contributed by atoms with Crippen molar-refractivity contribution in [1.82, 2.24) is 0 Å². The molecule has 0 bridgehead atoms. The van der Waals surface area contributed by atoms with E-state index >= 15 is 0 Å². The molecule has 0 spiro atoms. The summed E-state index contributed by atoms with van der Waals surface area (Å²) in [4.78, 5) is 0. The molecule has 0 saturated carbocycles. The first-order valence-electron chi connectivity index (χ1n) is 0. The maximum absolute atomic E-state index is 0. The van der Waals surface area contributed by atoms with Crippen LogP contribution in [0.3, 0.4) is 0 Å². The number of rotatable bonds is 0. The van der Waals surface area contributed by atoms with E-state index in [-0.39, 0.29) is 84.2 Å². The molecule has 0 aromatic rings. The Kier molecular flexibility index (Phi) is 310. The fourth-order valence-corrected chi connectivity index (χ4v) is 0. The molecule has 0 amide bonds. The standard InChI is InChI=1S/Cu.Fe.Mn.2Ni. The van der Waals surface area contributed by atoms with Crippen molar-refractivity contribution < 1.29 is 84.2 Å². The quantitative estimate of drug-likeness (QED) is 0.551. The number of hydrogen-bond donors (Lipinski definition) is 0. The minimum Gasteiger partial charge on any atom is 0 e. The molecule has 0 aliphatic carbocycles. The Balaban J connectivity index is 0. The Morgan fingerprint density at radius 3 is 0.800 bits per heavy atom. The van der Waals surface area contributed by atoms with Gasteiger partial charge in [-0.2, -0.15) is 0 Å². The maximum atomic E-state index is 0. The van der Waals surface area contributed by atoms with E-state index in [1.807, 2.05) is 0 Å². The van der Waals surface area contributed by atoms with Crippen LogP contribution in [0.2, 0.25) is 0 Å². The molecule has 0 atom stereocenters. The summed E-state index contributed by atoms with van der Waals surface area (Å²) in [6, 6.07) is 0. The summed E-state index contributed by atoms with van der Waals surface area (Å²) in [5.74, 6) is 0. The van der Waals surface area contributed by atoms with Crippen LogP contribution in [0.15, 0.2) is 0 Å². The fourth-order valence-electron chi connectivity index (χ4n) is 0. The Hall–Kier alpha value is 2.55. The van der Waals surface area contributed by atoms with Crippen molar-refractivity contribution in [3.05, 3.63) is 0 Å². The molecule has 0 fully saturated rings. The predicted molar refractivity (Wildman–Crippen MR) is 0 cm³/mol. The minimum absolute atomic E-state index is 0.